The van der Waals surface area contributed by atoms with E-state index in [0.29, 0.717) is 0 Å². The van der Waals surface area contributed by atoms with Gasteiger partial charge in [0.2, 0.25) is 0 Å². The van der Waals surface area contributed by atoms with Crippen molar-refractivity contribution in [3.05, 3.63) is 392 Å². The Bertz CT molecular complexity index is 6490. The summed E-state index contributed by atoms with van der Waals surface area (Å²) in [5.74, 6) is 1.66. The van der Waals surface area contributed by atoms with Crippen LogP contribution in [0, 0.1) is 0 Å². The molecule has 0 bridgehead atoms. The largest absolute Gasteiger partial charge is 0.458 e. The molecule has 20 rings (SSSR count). The van der Waals surface area contributed by atoms with E-state index in [4.69, 9.17) is 4.74 Å². The Balaban J connectivity index is 0.952. The Hall–Kier alpha value is -13.6. The molecule has 4 aliphatic heterocycles. The van der Waals surface area contributed by atoms with Crippen molar-refractivity contribution in [2.45, 2.75) is 105 Å². The Labute approximate surface area is 709 Å². The molecule has 0 amide bonds. The van der Waals surface area contributed by atoms with Crippen molar-refractivity contribution in [1.29, 1.82) is 0 Å². The SMILES string of the molecule is CC(C)(C)c1ccc(-c2ccccc2N(c2ccccc2)c2cc3c4c(c2)N(c2c(-c5ccc(C(C)(C)C)cc5)cccc2-c2ccc(C(C)(C)C)cc2)c2cc5c(cc2B4c2ccccc2N3c2ccccc2-c2ccc(C(C)(C)C)cc2)B2c3ccccc3Oc3cc(N(c4ccccc4)c4ccccc4)cc(c32)N5c2ccccc2)cc1. The zero-order valence-corrected chi connectivity index (χ0v) is 70.5. The first-order valence-electron chi connectivity index (χ1n) is 42.4. The molecule has 0 saturated heterocycles. The molecule has 0 unspecified atom stereocenters. The number of nitrogens with zero attached hydrogens (tertiary/aromatic N) is 5. The molecule has 0 saturated carbocycles. The van der Waals surface area contributed by atoms with E-state index in [2.05, 4.69) is 478 Å². The van der Waals surface area contributed by atoms with E-state index >= 15 is 0 Å². The highest BCUT2D eigenvalue weighted by Crippen LogP contribution is 2.56. The smallest absolute Gasteiger partial charge is 0.256 e. The van der Waals surface area contributed by atoms with Crippen molar-refractivity contribution in [1.82, 2.24) is 0 Å². The van der Waals surface area contributed by atoms with Gasteiger partial charge in [-0.05, 0) is 196 Å². The Morgan fingerprint density at radius 3 is 1.12 bits per heavy atom. The van der Waals surface area contributed by atoms with E-state index in [1.807, 2.05) is 0 Å². The molecule has 0 N–H and O–H groups in total. The second kappa shape index (κ2) is 29.2. The summed E-state index contributed by atoms with van der Waals surface area (Å²) in [5, 5.41) is 0. The van der Waals surface area contributed by atoms with E-state index in [9.17, 15) is 0 Å². The maximum atomic E-state index is 7.48. The first kappa shape index (κ1) is 75.2. The lowest BCUT2D eigenvalue weighted by molar-refractivity contribution is 0.487. The fourth-order valence-electron chi connectivity index (χ4n) is 19.0. The second-order valence-electron chi connectivity index (χ2n) is 36.9. The molecule has 0 spiro atoms. The molecule has 0 radical (unpaired) electrons. The van der Waals surface area contributed by atoms with Gasteiger partial charge in [-0.3, -0.25) is 0 Å². The molecule has 120 heavy (non-hydrogen) atoms. The molecular formula is C112H97B2N5O. The maximum Gasteiger partial charge on any atom is 0.256 e. The van der Waals surface area contributed by atoms with Gasteiger partial charge in [-0.2, -0.15) is 0 Å². The third-order valence-corrected chi connectivity index (χ3v) is 25.1. The minimum atomic E-state index is -0.327. The van der Waals surface area contributed by atoms with Crippen molar-refractivity contribution in [2.75, 3.05) is 24.5 Å². The zero-order valence-electron chi connectivity index (χ0n) is 70.5. The summed E-state index contributed by atoms with van der Waals surface area (Å²) in [6, 6.07) is 140. The van der Waals surface area contributed by atoms with Gasteiger partial charge in [0.05, 0.1) is 28.4 Å². The van der Waals surface area contributed by atoms with Crippen molar-refractivity contribution in [2.24, 2.45) is 0 Å². The van der Waals surface area contributed by atoms with Crippen LogP contribution in [0.4, 0.5) is 85.3 Å². The van der Waals surface area contributed by atoms with Gasteiger partial charge in [0, 0.05) is 85.2 Å². The standard InChI is InChI=1S/C112H97B2N5O/c1-109(2,3)78-60-52-74(53-61-78)88-42-25-29-48-96(88)116(84-38-21-15-22-39-84)86-68-101-106-102(69-86)119(108-90(76-56-64-80(65-57-76)111(7,8)9)44-33-45-91(108)77-58-66-81(67-59-77)112(10,11)12)100-73-99-94(72-95(100)113(106)92-46-27-31-50-98(92)118(101)97-49-30-26-43-89(97)75-54-62-79(63-55-75)110(4,5)6)114-93-47-28-32-51-104(93)120-105-71-87(70-103(107(105)114)117(99)85-40-23-16-24-41-85)115(82-34-17-13-18-35-82)83-36-19-14-20-37-83/h13-73H,1-12H3. The summed E-state index contributed by atoms with van der Waals surface area (Å²) in [5.41, 5.74) is 36.6. The number of fused-ring (bicyclic) bond motifs is 8. The molecule has 6 nitrogen and oxygen atoms in total. The number of hydrogen-bond acceptors (Lipinski definition) is 6. The van der Waals surface area contributed by atoms with E-state index in [1.54, 1.807) is 0 Å². The number of rotatable bonds is 13. The van der Waals surface area contributed by atoms with Gasteiger partial charge in [-0.25, -0.2) is 0 Å². The van der Waals surface area contributed by atoms with E-state index in [0.717, 1.165) is 152 Å². The van der Waals surface area contributed by atoms with Gasteiger partial charge in [0.25, 0.3) is 13.4 Å². The first-order chi connectivity index (χ1) is 58.1. The van der Waals surface area contributed by atoms with Gasteiger partial charge in [0.15, 0.2) is 0 Å². The van der Waals surface area contributed by atoms with Crippen LogP contribution < -0.4 is 62.0 Å². The fraction of sp³-hybridized carbons (Fsp3) is 0.143. The highest BCUT2D eigenvalue weighted by Gasteiger charge is 2.50. The van der Waals surface area contributed by atoms with Gasteiger partial charge >= 0.3 is 0 Å². The molecule has 0 atom stereocenters. The summed E-state index contributed by atoms with van der Waals surface area (Å²) in [4.78, 5) is 12.8. The fourth-order valence-corrected chi connectivity index (χ4v) is 19.0. The molecule has 0 fully saturated rings. The van der Waals surface area contributed by atoms with Crippen LogP contribution in [-0.2, 0) is 21.7 Å². The maximum absolute atomic E-state index is 7.48. The van der Waals surface area contributed by atoms with Crippen LogP contribution in [0.1, 0.15) is 105 Å². The lowest BCUT2D eigenvalue weighted by Gasteiger charge is -2.47. The quantitative estimate of drug-likeness (QED) is 0.107. The average Bonchev–Trinajstić information content (AvgIpc) is 0.680. The Kier molecular flexibility index (Phi) is 18.3. The third-order valence-electron chi connectivity index (χ3n) is 25.1. The number of para-hydroxylation sites is 9. The van der Waals surface area contributed by atoms with Crippen LogP contribution in [0.3, 0.4) is 0 Å². The minimum Gasteiger partial charge on any atom is -0.458 e. The number of ether oxygens (including phenoxy) is 1. The summed E-state index contributed by atoms with van der Waals surface area (Å²) in [7, 11) is 0. The van der Waals surface area contributed by atoms with E-state index in [1.165, 1.54) is 44.1 Å². The summed E-state index contributed by atoms with van der Waals surface area (Å²) < 4.78 is 7.48. The van der Waals surface area contributed by atoms with Crippen molar-refractivity contribution < 1.29 is 4.74 Å². The van der Waals surface area contributed by atoms with Crippen LogP contribution in [-0.4, -0.2) is 13.4 Å². The van der Waals surface area contributed by atoms with Gasteiger partial charge in [-0.15, -0.1) is 0 Å². The van der Waals surface area contributed by atoms with Crippen LogP contribution in [0.2, 0.25) is 0 Å². The summed E-state index contributed by atoms with van der Waals surface area (Å²) in [6.07, 6.45) is 0. The summed E-state index contributed by atoms with van der Waals surface area (Å²) in [6.45, 7) is 27.1. The first-order valence-corrected chi connectivity index (χ1v) is 42.4. The normalized spacial score (nSPS) is 13.2. The molecule has 16 aromatic carbocycles. The third kappa shape index (κ3) is 13.1. The van der Waals surface area contributed by atoms with Crippen LogP contribution in [0.5, 0.6) is 11.5 Å². The topological polar surface area (TPSA) is 25.4 Å². The number of anilines is 15. The summed E-state index contributed by atoms with van der Waals surface area (Å²) >= 11 is 0. The molecule has 4 aliphatic rings. The molecule has 16 aromatic rings. The minimum absolute atomic E-state index is 0.0375. The van der Waals surface area contributed by atoms with Crippen molar-refractivity contribution in [3.63, 3.8) is 0 Å². The Morgan fingerprint density at radius 1 is 0.233 bits per heavy atom. The molecule has 0 aromatic heterocycles. The molecule has 4 heterocycles. The second-order valence-corrected chi connectivity index (χ2v) is 36.9. The highest BCUT2D eigenvalue weighted by atomic mass is 16.5. The van der Waals surface area contributed by atoms with E-state index in [-0.39, 0.29) is 35.1 Å². The lowest BCUT2D eigenvalue weighted by Crippen LogP contribution is -2.64. The number of benzene rings is 16. The van der Waals surface area contributed by atoms with E-state index < -0.39 is 0 Å². The average molecular weight is 1550 g/mol. The van der Waals surface area contributed by atoms with Crippen molar-refractivity contribution >= 4 is 132 Å². The Morgan fingerprint density at radius 2 is 0.608 bits per heavy atom. The van der Waals surface area contributed by atoms with Crippen molar-refractivity contribution in [3.8, 4) is 56.0 Å². The van der Waals surface area contributed by atoms with Crippen LogP contribution in [0.15, 0.2) is 370 Å². The predicted octanol–water partition coefficient (Wildman–Crippen LogP) is 27.0. The molecule has 8 heteroatoms. The monoisotopic (exact) mass is 1550 g/mol. The van der Waals surface area contributed by atoms with Gasteiger partial charge in [-0.1, -0.05) is 350 Å². The molecule has 0 aliphatic carbocycles. The lowest BCUT2D eigenvalue weighted by atomic mass is 9.30. The molecular weight excluding hydrogens is 1450 g/mol. The number of hydrogen-bond donors (Lipinski definition) is 0. The zero-order chi connectivity index (χ0) is 82.1. The molecule has 582 valence electrons. The van der Waals surface area contributed by atoms with Crippen LogP contribution >= 0.6 is 0 Å². The van der Waals surface area contributed by atoms with Gasteiger partial charge in [0.1, 0.15) is 11.5 Å². The predicted molar refractivity (Wildman–Crippen MR) is 512 cm³/mol. The highest BCUT2D eigenvalue weighted by molar-refractivity contribution is 7.02. The van der Waals surface area contributed by atoms with Gasteiger partial charge < -0.3 is 29.2 Å². The van der Waals surface area contributed by atoms with Crippen LogP contribution in [0.25, 0.3) is 44.5 Å².